The molecule has 4 heterocycles. The third-order valence-corrected chi connectivity index (χ3v) is 18.7. The number of para-hydroxylation sites is 1. The smallest absolute Gasteiger partial charge is 0.308 e. The monoisotopic (exact) mass is 1360 g/mol. The molecule has 0 amide bonds. The summed E-state index contributed by atoms with van der Waals surface area (Å²) in [6.45, 7) is 1.98. The third kappa shape index (κ3) is 11.8. The standard InChI is InChI=1S/C87H52F8N8/c1-51-32-33-60(44-70(51)59-35-41-74-72(45-59)66-30-14-15-31-73(66)102(74)75-47-58(56-26-16-28-64(88)42-56)34-38-69(75)84-98-80(52-18-6-2-7-19-52)96-81(99-84)53-20-8-3-9-21-53)71-46-61(57-27-17-29-65(89)43-57)48-78(79(71)85-100-82(54-22-10-4-11-23-54)97-83(101-85)55-24-12-5-13-25-55)103-76-49-62(86(90,91)92)36-39-67(76)68-40-37-63(50-77(68)103)87(93,94)95/h2-50H,1H3. The zero-order chi connectivity index (χ0) is 70.3. The number of nitrogens with zero attached hydrogens (tertiary/aromatic N) is 8. The number of fused-ring (bicyclic) bond motifs is 6. The molecule has 8 nitrogen and oxygen atoms in total. The van der Waals surface area contributed by atoms with Crippen LogP contribution in [-0.2, 0) is 12.4 Å². The fourth-order valence-corrected chi connectivity index (χ4v) is 13.8. The van der Waals surface area contributed by atoms with Gasteiger partial charge in [0.15, 0.2) is 34.9 Å². The minimum absolute atomic E-state index is 0.0272. The van der Waals surface area contributed by atoms with Crippen molar-refractivity contribution in [3.05, 3.63) is 326 Å². The Hall–Kier alpha value is -13.1. The van der Waals surface area contributed by atoms with Crippen LogP contribution in [0.25, 0.3) is 168 Å². The molecule has 0 aliphatic heterocycles. The third-order valence-electron chi connectivity index (χ3n) is 18.7. The summed E-state index contributed by atoms with van der Waals surface area (Å²) in [6.07, 6.45) is -9.76. The van der Waals surface area contributed by atoms with Crippen LogP contribution in [0.15, 0.2) is 297 Å². The Morgan fingerprint density at radius 1 is 0.252 bits per heavy atom. The number of benzene rings is 13. The highest BCUT2D eigenvalue weighted by Gasteiger charge is 2.35. The highest BCUT2D eigenvalue weighted by molar-refractivity contribution is 6.13. The Bertz CT molecular complexity index is 6010. The van der Waals surface area contributed by atoms with Gasteiger partial charge in [-0.2, -0.15) is 26.3 Å². The summed E-state index contributed by atoms with van der Waals surface area (Å²) in [5.74, 6) is 0.819. The zero-order valence-electron chi connectivity index (χ0n) is 54.4. The van der Waals surface area contributed by atoms with Crippen LogP contribution in [0, 0.1) is 18.6 Å². The maximum Gasteiger partial charge on any atom is 0.416 e. The van der Waals surface area contributed by atoms with Crippen molar-refractivity contribution in [2.45, 2.75) is 19.3 Å². The van der Waals surface area contributed by atoms with Crippen molar-refractivity contribution in [1.29, 1.82) is 0 Å². The first-order chi connectivity index (χ1) is 50.0. The molecular weight excluding hydrogens is 1310 g/mol. The molecule has 0 bridgehead atoms. The lowest BCUT2D eigenvalue weighted by Crippen LogP contribution is -2.08. The number of halogens is 8. The van der Waals surface area contributed by atoms with E-state index in [1.807, 2.05) is 201 Å². The van der Waals surface area contributed by atoms with Crippen molar-refractivity contribution in [3.8, 4) is 124 Å². The van der Waals surface area contributed by atoms with Gasteiger partial charge in [0.1, 0.15) is 11.6 Å². The number of aryl methyl sites for hydroxylation is 1. The predicted octanol–water partition coefficient (Wildman–Crippen LogP) is 23.5. The second-order valence-corrected chi connectivity index (χ2v) is 25.2. The molecule has 0 aliphatic rings. The van der Waals surface area contributed by atoms with Gasteiger partial charge in [0.05, 0.1) is 50.1 Å². The maximum atomic E-state index is 15.8. The summed E-state index contributed by atoms with van der Waals surface area (Å²) in [5, 5.41) is 2.21. The summed E-state index contributed by atoms with van der Waals surface area (Å²) < 4.78 is 126. The summed E-state index contributed by atoms with van der Waals surface area (Å²) in [7, 11) is 0. The summed E-state index contributed by atoms with van der Waals surface area (Å²) >= 11 is 0. The van der Waals surface area contributed by atoms with Gasteiger partial charge in [0.2, 0.25) is 0 Å². The van der Waals surface area contributed by atoms with Crippen LogP contribution in [0.2, 0.25) is 0 Å². The van der Waals surface area contributed by atoms with Crippen LogP contribution in [0.1, 0.15) is 16.7 Å². The molecule has 0 fully saturated rings. The highest BCUT2D eigenvalue weighted by atomic mass is 19.4. The molecule has 17 rings (SSSR count). The Balaban J connectivity index is 0.930. The van der Waals surface area contributed by atoms with Gasteiger partial charge in [-0.15, -0.1) is 0 Å². The number of hydrogen-bond donors (Lipinski definition) is 0. The average molecular weight is 1360 g/mol. The van der Waals surface area contributed by atoms with Crippen molar-refractivity contribution in [3.63, 3.8) is 0 Å². The molecule has 496 valence electrons. The van der Waals surface area contributed by atoms with E-state index in [4.69, 9.17) is 29.9 Å². The summed E-state index contributed by atoms with van der Waals surface area (Å²) in [5.41, 5.74) is 9.25. The minimum atomic E-state index is -4.88. The van der Waals surface area contributed by atoms with Crippen molar-refractivity contribution in [1.82, 2.24) is 39.0 Å². The number of rotatable bonds is 12. The van der Waals surface area contributed by atoms with E-state index >= 15 is 35.1 Å². The first kappa shape index (κ1) is 63.4. The quantitative estimate of drug-likeness (QED) is 0.113. The van der Waals surface area contributed by atoms with Crippen molar-refractivity contribution in [2.24, 2.45) is 0 Å². The molecule has 16 heteroatoms. The van der Waals surface area contributed by atoms with Gasteiger partial charge in [-0.1, -0.05) is 200 Å². The predicted molar refractivity (Wildman–Crippen MR) is 391 cm³/mol. The van der Waals surface area contributed by atoms with Gasteiger partial charge < -0.3 is 9.13 Å². The van der Waals surface area contributed by atoms with Crippen LogP contribution in [0.4, 0.5) is 35.1 Å². The summed E-state index contributed by atoms with van der Waals surface area (Å²) in [6, 6.07) is 85.7. The Morgan fingerprint density at radius 3 is 1.17 bits per heavy atom. The number of alkyl halides is 6. The fourth-order valence-electron chi connectivity index (χ4n) is 13.8. The van der Waals surface area contributed by atoms with E-state index < -0.39 is 35.1 Å². The molecule has 0 saturated heterocycles. The van der Waals surface area contributed by atoms with Crippen molar-refractivity contribution < 1.29 is 35.1 Å². The van der Waals surface area contributed by atoms with Gasteiger partial charge >= 0.3 is 12.4 Å². The van der Waals surface area contributed by atoms with Gasteiger partial charge in [-0.3, -0.25) is 0 Å². The topological polar surface area (TPSA) is 87.2 Å². The van der Waals surface area contributed by atoms with Gasteiger partial charge in [0.25, 0.3) is 0 Å². The van der Waals surface area contributed by atoms with E-state index in [0.717, 1.165) is 79.5 Å². The molecule has 0 N–H and O–H groups in total. The van der Waals surface area contributed by atoms with Crippen molar-refractivity contribution >= 4 is 43.6 Å². The lowest BCUT2D eigenvalue weighted by molar-refractivity contribution is -0.138. The van der Waals surface area contributed by atoms with Crippen LogP contribution in [0.3, 0.4) is 0 Å². The molecule has 0 unspecified atom stereocenters. The van der Waals surface area contributed by atoms with Gasteiger partial charge in [-0.05, 0) is 154 Å². The first-order valence-electron chi connectivity index (χ1n) is 33.0. The lowest BCUT2D eigenvalue weighted by atomic mass is 9.89. The molecule has 13 aromatic carbocycles. The Morgan fingerprint density at radius 2 is 0.650 bits per heavy atom. The van der Waals surface area contributed by atoms with Gasteiger partial charge in [-0.25, -0.2) is 38.7 Å². The van der Waals surface area contributed by atoms with E-state index in [1.165, 1.54) is 47.0 Å². The molecule has 17 aromatic rings. The molecule has 0 spiro atoms. The number of aromatic nitrogens is 8. The lowest BCUT2D eigenvalue weighted by Gasteiger charge is -2.21. The summed E-state index contributed by atoms with van der Waals surface area (Å²) in [4.78, 5) is 30.9. The van der Waals surface area contributed by atoms with E-state index in [9.17, 15) is 0 Å². The minimum Gasteiger partial charge on any atom is -0.308 e. The average Bonchev–Trinajstić information content (AvgIpc) is 1.62. The molecule has 0 radical (unpaired) electrons. The van der Waals surface area contributed by atoms with Crippen LogP contribution in [0.5, 0.6) is 0 Å². The van der Waals surface area contributed by atoms with Crippen LogP contribution >= 0.6 is 0 Å². The zero-order valence-corrected chi connectivity index (χ0v) is 54.4. The molecule has 0 atom stereocenters. The molecule has 4 aromatic heterocycles. The Labute approximate surface area is 583 Å². The van der Waals surface area contributed by atoms with E-state index in [-0.39, 0.29) is 50.5 Å². The Kier molecular flexibility index (Phi) is 15.5. The second kappa shape index (κ2) is 25.3. The van der Waals surface area contributed by atoms with E-state index in [1.54, 1.807) is 18.2 Å². The van der Waals surface area contributed by atoms with Crippen LogP contribution in [-0.4, -0.2) is 39.0 Å². The highest BCUT2D eigenvalue weighted by Crippen LogP contribution is 2.48. The van der Waals surface area contributed by atoms with E-state index in [0.29, 0.717) is 67.7 Å². The molecule has 103 heavy (non-hydrogen) atoms. The molecular formula is C87H52F8N8. The molecule has 0 aliphatic carbocycles. The number of hydrogen-bond acceptors (Lipinski definition) is 6. The van der Waals surface area contributed by atoms with Crippen LogP contribution < -0.4 is 0 Å². The van der Waals surface area contributed by atoms with Crippen molar-refractivity contribution in [2.75, 3.05) is 0 Å². The molecule has 0 saturated carbocycles. The van der Waals surface area contributed by atoms with E-state index in [2.05, 4.69) is 22.8 Å². The first-order valence-corrected chi connectivity index (χ1v) is 33.0. The SMILES string of the molecule is Cc1ccc(-c2cc(-c3cccc(F)c3)cc(-n3c4cc(C(F)(F)F)ccc4c4ccc(C(F)(F)F)cc43)c2-c2nc(-c3ccccc3)nc(-c3ccccc3)n2)cc1-c1ccc2c(c1)c1ccccc1n2-c1cc(-c2cccc(F)c2)ccc1-c1nc(-c2ccccc2)nc(-c2ccccc2)n1. The maximum absolute atomic E-state index is 15.8. The largest absolute Gasteiger partial charge is 0.416 e. The van der Waals surface area contributed by atoms with Gasteiger partial charge in [0, 0.05) is 49.4 Å². The fraction of sp³-hybridized carbons (Fsp3) is 0.0345. The normalized spacial score (nSPS) is 11.9. The second-order valence-electron chi connectivity index (χ2n) is 25.2.